The van der Waals surface area contributed by atoms with Crippen molar-refractivity contribution in [2.24, 2.45) is 0 Å². The maximum absolute atomic E-state index is 9.19. The second-order valence-corrected chi connectivity index (χ2v) is 3.02. The maximum Gasteiger partial charge on any atom is 0.198 e. The van der Waals surface area contributed by atoms with Crippen LogP contribution in [0, 0.1) is 0 Å². The summed E-state index contributed by atoms with van der Waals surface area (Å²) >= 11 is 3.24. The predicted molar refractivity (Wildman–Crippen MR) is 45.5 cm³/mol. The topological polar surface area (TPSA) is 48.9 Å². The molecule has 2 N–H and O–H groups in total. The van der Waals surface area contributed by atoms with Gasteiger partial charge in [0.15, 0.2) is 5.88 Å². The number of H-pyrrole nitrogens is 1. The predicted octanol–water partition coefficient (Wildman–Crippen LogP) is 2.03. The molecule has 0 saturated heterocycles. The fraction of sp³-hybridized carbons (Fsp3) is 0. The molecule has 2 aromatic heterocycles. The van der Waals surface area contributed by atoms with Gasteiger partial charge in [-0.25, -0.2) is 4.98 Å². The van der Waals surface area contributed by atoms with Gasteiger partial charge in [0.25, 0.3) is 0 Å². The average Bonchev–Trinajstić information content (AvgIpc) is 2.32. The molecular weight excluding hydrogens is 208 g/mol. The zero-order valence-electron chi connectivity index (χ0n) is 5.50. The molecule has 0 amide bonds. The van der Waals surface area contributed by atoms with Crippen molar-refractivity contribution in [3.05, 3.63) is 22.9 Å². The van der Waals surface area contributed by atoms with E-state index in [1.165, 1.54) is 0 Å². The summed E-state index contributed by atoms with van der Waals surface area (Å²) in [7, 11) is 0. The first-order valence-electron chi connectivity index (χ1n) is 3.10. The van der Waals surface area contributed by atoms with Crippen LogP contribution in [0.15, 0.2) is 22.9 Å². The molecule has 0 aliphatic heterocycles. The zero-order valence-corrected chi connectivity index (χ0v) is 7.09. The number of nitrogens with zero attached hydrogens (tertiary/aromatic N) is 1. The minimum absolute atomic E-state index is 0.167. The smallest absolute Gasteiger partial charge is 0.198 e. The monoisotopic (exact) mass is 212 g/mol. The van der Waals surface area contributed by atoms with Crippen LogP contribution in [0.2, 0.25) is 0 Å². The number of pyridine rings is 1. The normalized spacial score (nSPS) is 10.6. The molecule has 4 heteroatoms. The summed E-state index contributed by atoms with van der Waals surface area (Å²) in [6, 6.07) is 3.59. The minimum Gasteiger partial charge on any atom is -0.494 e. The molecule has 0 radical (unpaired) electrons. The van der Waals surface area contributed by atoms with E-state index in [1.54, 1.807) is 18.3 Å². The van der Waals surface area contributed by atoms with Gasteiger partial charge in [-0.3, -0.25) is 0 Å². The third-order valence-corrected chi connectivity index (χ3v) is 1.93. The molecule has 2 heterocycles. The van der Waals surface area contributed by atoms with E-state index in [0.29, 0.717) is 0 Å². The van der Waals surface area contributed by atoms with E-state index in [2.05, 4.69) is 25.9 Å². The Labute approximate surface area is 71.2 Å². The third kappa shape index (κ3) is 0.991. The summed E-state index contributed by atoms with van der Waals surface area (Å²) in [5, 5.41) is 9.93. The van der Waals surface area contributed by atoms with Crippen LogP contribution in [0.5, 0.6) is 5.88 Å². The number of rotatable bonds is 0. The van der Waals surface area contributed by atoms with Crippen molar-refractivity contribution >= 4 is 26.8 Å². The summed E-state index contributed by atoms with van der Waals surface area (Å²) in [5.41, 5.74) is 0.761. The molecule has 0 saturated carbocycles. The molecule has 0 unspecified atom stereocenters. The van der Waals surface area contributed by atoms with Gasteiger partial charge in [-0.1, -0.05) is 0 Å². The molecule has 0 aliphatic carbocycles. The Bertz CT molecular complexity index is 396. The Morgan fingerprint density at radius 1 is 1.45 bits per heavy atom. The van der Waals surface area contributed by atoms with Gasteiger partial charge in [0, 0.05) is 6.20 Å². The quantitative estimate of drug-likeness (QED) is 0.657. The lowest BCUT2D eigenvalue weighted by Gasteiger charge is -1.89. The fourth-order valence-corrected chi connectivity index (χ4v) is 1.30. The van der Waals surface area contributed by atoms with Gasteiger partial charge in [-0.05, 0) is 28.1 Å². The molecule has 0 atom stereocenters. The second-order valence-electron chi connectivity index (χ2n) is 2.20. The van der Waals surface area contributed by atoms with Gasteiger partial charge in [0.05, 0.1) is 10.9 Å². The molecule has 0 spiro atoms. The molecule has 2 aromatic rings. The van der Waals surface area contributed by atoms with Crippen LogP contribution < -0.4 is 0 Å². The van der Waals surface area contributed by atoms with Crippen molar-refractivity contribution in [3.8, 4) is 5.88 Å². The minimum atomic E-state index is 0.167. The first kappa shape index (κ1) is 6.67. The van der Waals surface area contributed by atoms with Crippen LogP contribution in [0.3, 0.4) is 0 Å². The summed E-state index contributed by atoms with van der Waals surface area (Å²) < 4.78 is 0.768. The first-order valence-corrected chi connectivity index (χ1v) is 3.89. The van der Waals surface area contributed by atoms with Gasteiger partial charge < -0.3 is 10.1 Å². The average molecular weight is 213 g/mol. The summed E-state index contributed by atoms with van der Waals surface area (Å²) in [6.07, 6.45) is 1.66. The Hall–Kier alpha value is -1.03. The summed E-state index contributed by atoms with van der Waals surface area (Å²) in [4.78, 5) is 6.80. The highest BCUT2D eigenvalue weighted by atomic mass is 79.9. The Kier molecular flexibility index (Phi) is 1.35. The number of nitrogens with one attached hydrogen (secondary N) is 1. The number of aromatic amines is 1. The van der Waals surface area contributed by atoms with Crippen LogP contribution in [0.1, 0.15) is 0 Å². The first-order chi connectivity index (χ1) is 5.27. The van der Waals surface area contributed by atoms with E-state index in [0.717, 1.165) is 15.5 Å². The van der Waals surface area contributed by atoms with Crippen molar-refractivity contribution in [1.82, 2.24) is 9.97 Å². The second kappa shape index (κ2) is 2.23. The molecule has 2 rings (SSSR count). The van der Waals surface area contributed by atoms with Crippen LogP contribution in [-0.4, -0.2) is 15.1 Å². The largest absolute Gasteiger partial charge is 0.494 e. The fourth-order valence-electron chi connectivity index (χ4n) is 0.975. The van der Waals surface area contributed by atoms with E-state index in [-0.39, 0.29) is 5.88 Å². The molecule has 0 aliphatic rings. The number of halogens is 1. The number of hydrogen-bond acceptors (Lipinski definition) is 2. The maximum atomic E-state index is 9.19. The van der Waals surface area contributed by atoms with Crippen LogP contribution >= 0.6 is 15.9 Å². The molecule has 0 aromatic carbocycles. The van der Waals surface area contributed by atoms with Gasteiger partial charge in [-0.2, -0.15) is 0 Å². The van der Waals surface area contributed by atoms with Crippen molar-refractivity contribution in [2.45, 2.75) is 0 Å². The summed E-state index contributed by atoms with van der Waals surface area (Å²) in [5.74, 6) is 0.167. The van der Waals surface area contributed by atoms with Gasteiger partial charge in [0.2, 0.25) is 0 Å². The van der Waals surface area contributed by atoms with Gasteiger partial charge in [0.1, 0.15) is 4.60 Å². The highest BCUT2D eigenvalue weighted by Gasteiger charge is 2.01. The van der Waals surface area contributed by atoms with Gasteiger partial charge in [-0.15, -0.1) is 0 Å². The number of aromatic hydroxyl groups is 1. The van der Waals surface area contributed by atoms with E-state index in [4.69, 9.17) is 0 Å². The van der Waals surface area contributed by atoms with Crippen LogP contribution in [0.4, 0.5) is 0 Å². The molecule has 56 valence electrons. The zero-order chi connectivity index (χ0) is 7.84. The highest BCUT2D eigenvalue weighted by Crippen LogP contribution is 2.22. The van der Waals surface area contributed by atoms with E-state index >= 15 is 0 Å². The lowest BCUT2D eigenvalue weighted by molar-refractivity contribution is 0.462. The van der Waals surface area contributed by atoms with E-state index in [9.17, 15) is 5.11 Å². The number of aromatic nitrogens is 2. The Balaban J connectivity index is 2.86. The number of fused-ring (bicyclic) bond motifs is 1. The van der Waals surface area contributed by atoms with Crippen molar-refractivity contribution in [1.29, 1.82) is 0 Å². The van der Waals surface area contributed by atoms with Crippen molar-refractivity contribution < 1.29 is 5.11 Å². The van der Waals surface area contributed by atoms with Gasteiger partial charge >= 0.3 is 0 Å². The summed E-state index contributed by atoms with van der Waals surface area (Å²) in [6.45, 7) is 0. The standard InChI is InChI=1S/C7H5BrN2O/c8-6-2-1-4-5(10-6)3-9-7(4)11/h1-3,9,11H. The number of hydrogen-bond donors (Lipinski definition) is 2. The molecule has 11 heavy (non-hydrogen) atoms. The molecule has 3 nitrogen and oxygen atoms in total. The lowest BCUT2D eigenvalue weighted by Crippen LogP contribution is -1.73. The Morgan fingerprint density at radius 3 is 3.09 bits per heavy atom. The molecular formula is C7H5BrN2O. The van der Waals surface area contributed by atoms with E-state index in [1.807, 2.05) is 0 Å². The van der Waals surface area contributed by atoms with E-state index < -0.39 is 0 Å². The van der Waals surface area contributed by atoms with Crippen molar-refractivity contribution in [2.75, 3.05) is 0 Å². The van der Waals surface area contributed by atoms with Crippen LogP contribution in [0.25, 0.3) is 10.9 Å². The van der Waals surface area contributed by atoms with Crippen LogP contribution in [-0.2, 0) is 0 Å². The SMILES string of the molecule is Oc1[nH]cc2nc(Br)ccc12. The third-order valence-electron chi connectivity index (χ3n) is 1.49. The van der Waals surface area contributed by atoms with Crippen molar-refractivity contribution in [3.63, 3.8) is 0 Å². The molecule has 0 bridgehead atoms. The molecule has 0 fully saturated rings. The lowest BCUT2D eigenvalue weighted by atomic mass is 10.3. The Morgan fingerprint density at radius 2 is 2.27 bits per heavy atom. The highest BCUT2D eigenvalue weighted by molar-refractivity contribution is 9.10.